The van der Waals surface area contributed by atoms with Crippen molar-refractivity contribution in [2.24, 2.45) is 0 Å². The summed E-state index contributed by atoms with van der Waals surface area (Å²) >= 11 is 0. The van der Waals surface area contributed by atoms with Crippen LogP contribution in [0.3, 0.4) is 0 Å². The predicted molar refractivity (Wildman–Crippen MR) is 117 cm³/mol. The molecule has 8 nitrogen and oxygen atoms in total. The van der Waals surface area contributed by atoms with Gasteiger partial charge in [0.25, 0.3) is 0 Å². The average Bonchev–Trinajstić information content (AvgIpc) is 3.39. The number of unbranched alkanes of at least 4 members (excludes halogenated alkanes) is 1. The van der Waals surface area contributed by atoms with E-state index in [0.717, 1.165) is 43.5 Å². The summed E-state index contributed by atoms with van der Waals surface area (Å²) in [6.07, 6.45) is 4.16. The Labute approximate surface area is 184 Å². The van der Waals surface area contributed by atoms with Crippen LogP contribution >= 0.6 is 0 Å². The van der Waals surface area contributed by atoms with Gasteiger partial charge in [0.15, 0.2) is 5.82 Å². The van der Waals surface area contributed by atoms with E-state index in [-0.39, 0.29) is 6.04 Å². The summed E-state index contributed by atoms with van der Waals surface area (Å²) in [5, 5.41) is 10.4. The van der Waals surface area contributed by atoms with E-state index in [2.05, 4.69) is 27.7 Å². The fourth-order valence-corrected chi connectivity index (χ4v) is 3.37. The minimum Gasteiger partial charge on any atom is -0.494 e. The predicted octanol–water partition coefficient (Wildman–Crippen LogP) is 4.48. The SMILES string of the molecule is CCCCOc1ccc(C[C@H](NC(=O)OC(C)(C)C)c2noc([C@@H]3CCCN3)n2)cc1. The van der Waals surface area contributed by atoms with Gasteiger partial charge in [-0.15, -0.1) is 0 Å². The molecule has 2 atom stereocenters. The second kappa shape index (κ2) is 10.6. The van der Waals surface area contributed by atoms with Crippen LogP contribution in [0.2, 0.25) is 0 Å². The first-order valence-corrected chi connectivity index (χ1v) is 11.1. The minimum absolute atomic E-state index is 0.0722. The Hall–Kier alpha value is -2.61. The molecule has 2 heterocycles. The first-order chi connectivity index (χ1) is 14.8. The highest BCUT2D eigenvalue weighted by Crippen LogP contribution is 2.25. The average molecular weight is 431 g/mol. The molecular weight excluding hydrogens is 396 g/mol. The lowest BCUT2D eigenvalue weighted by Crippen LogP contribution is -2.36. The fraction of sp³-hybridized carbons (Fsp3) is 0.609. The zero-order valence-corrected chi connectivity index (χ0v) is 18.9. The molecule has 1 saturated heterocycles. The van der Waals surface area contributed by atoms with E-state index < -0.39 is 17.7 Å². The van der Waals surface area contributed by atoms with Crippen molar-refractivity contribution in [2.45, 2.75) is 77.5 Å². The Kier molecular flexibility index (Phi) is 7.90. The monoisotopic (exact) mass is 430 g/mol. The van der Waals surface area contributed by atoms with Crippen molar-refractivity contribution in [2.75, 3.05) is 13.2 Å². The van der Waals surface area contributed by atoms with Crippen molar-refractivity contribution in [1.29, 1.82) is 0 Å². The number of alkyl carbamates (subject to hydrolysis) is 1. The van der Waals surface area contributed by atoms with E-state index in [9.17, 15) is 4.79 Å². The minimum atomic E-state index is -0.595. The number of amides is 1. The Morgan fingerprint density at radius 1 is 1.32 bits per heavy atom. The normalized spacial score (nSPS) is 17.4. The summed E-state index contributed by atoms with van der Waals surface area (Å²) in [6, 6.07) is 7.47. The maximum absolute atomic E-state index is 12.4. The van der Waals surface area contributed by atoms with Gasteiger partial charge in [-0.25, -0.2) is 4.79 Å². The van der Waals surface area contributed by atoms with Crippen molar-refractivity contribution in [3.63, 3.8) is 0 Å². The third-order valence-corrected chi connectivity index (χ3v) is 4.95. The first-order valence-electron chi connectivity index (χ1n) is 11.1. The molecule has 8 heteroatoms. The Morgan fingerprint density at radius 2 is 2.10 bits per heavy atom. The molecule has 2 N–H and O–H groups in total. The highest BCUT2D eigenvalue weighted by Gasteiger charge is 2.27. The van der Waals surface area contributed by atoms with Gasteiger partial charge < -0.3 is 24.6 Å². The zero-order valence-electron chi connectivity index (χ0n) is 18.9. The lowest BCUT2D eigenvalue weighted by molar-refractivity contribution is 0.0500. The number of aromatic nitrogens is 2. The summed E-state index contributed by atoms with van der Waals surface area (Å²) in [5.74, 6) is 1.84. The van der Waals surface area contributed by atoms with Crippen LogP contribution < -0.4 is 15.4 Å². The molecule has 1 amide bonds. The van der Waals surface area contributed by atoms with Crippen molar-refractivity contribution >= 4 is 6.09 Å². The van der Waals surface area contributed by atoms with Gasteiger partial charge >= 0.3 is 6.09 Å². The van der Waals surface area contributed by atoms with Gasteiger partial charge in [0.1, 0.15) is 11.4 Å². The summed E-state index contributed by atoms with van der Waals surface area (Å²) in [7, 11) is 0. The number of benzene rings is 1. The number of hydrogen-bond acceptors (Lipinski definition) is 7. The summed E-state index contributed by atoms with van der Waals surface area (Å²) in [5.41, 5.74) is 0.427. The van der Waals surface area contributed by atoms with Gasteiger partial charge in [0.05, 0.1) is 18.7 Å². The van der Waals surface area contributed by atoms with Gasteiger partial charge in [-0.3, -0.25) is 0 Å². The van der Waals surface area contributed by atoms with E-state index in [1.165, 1.54) is 0 Å². The molecule has 1 aromatic heterocycles. The molecule has 1 aromatic carbocycles. The number of carbonyl (C=O) groups excluding carboxylic acids is 1. The van der Waals surface area contributed by atoms with Crippen LogP contribution in [0.4, 0.5) is 4.79 Å². The second-order valence-electron chi connectivity index (χ2n) is 8.89. The number of ether oxygens (including phenoxy) is 2. The number of hydrogen-bond donors (Lipinski definition) is 2. The smallest absolute Gasteiger partial charge is 0.408 e. The van der Waals surface area contributed by atoms with Crippen LogP contribution in [-0.2, 0) is 11.2 Å². The van der Waals surface area contributed by atoms with Crippen LogP contribution in [-0.4, -0.2) is 35.0 Å². The van der Waals surface area contributed by atoms with Gasteiger partial charge in [-0.2, -0.15) is 4.98 Å². The van der Waals surface area contributed by atoms with Crippen LogP contribution in [0.15, 0.2) is 28.8 Å². The molecule has 2 aromatic rings. The summed E-state index contributed by atoms with van der Waals surface area (Å²) < 4.78 is 16.7. The van der Waals surface area contributed by atoms with Gasteiger partial charge in [0.2, 0.25) is 5.89 Å². The summed E-state index contributed by atoms with van der Waals surface area (Å²) in [6.45, 7) is 9.27. The van der Waals surface area contributed by atoms with Crippen molar-refractivity contribution < 1.29 is 18.8 Å². The molecule has 0 saturated carbocycles. The molecule has 0 radical (unpaired) electrons. The highest BCUT2D eigenvalue weighted by atomic mass is 16.6. The molecule has 0 bridgehead atoms. The van der Waals surface area contributed by atoms with Gasteiger partial charge in [-0.05, 0) is 64.3 Å². The van der Waals surface area contributed by atoms with Crippen LogP contribution in [0.5, 0.6) is 5.75 Å². The zero-order chi connectivity index (χ0) is 22.3. The molecule has 0 unspecified atom stereocenters. The van der Waals surface area contributed by atoms with Crippen molar-refractivity contribution in [1.82, 2.24) is 20.8 Å². The quantitative estimate of drug-likeness (QED) is 0.566. The molecule has 1 aliphatic heterocycles. The number of rotatable bonds is 9. The molecule has 170 valence electrons. The van der Waals surface area contributed by atoms with Crippen LogP contribution in [0, 0.1) is 0 Å². The number of nitrogens with zero attached hydrogens (tertiary/aromatic N) is 2. The third kappa shape index (κ3) is 7.24. The number of nitrogens with one attached hydrogen (secondary N) is 2. The first kappa shape index (κ1) is 23.1. The standard InChI is InChI=1S/C23H34N4O4/c1-5-6-14-29-17-11-9-16(10-12-17)15-19(25-22(28)30-23(2,3)4)20-26-21(31-27-20)18-8-7-13-24-18/h9-12,18-19,24H,5-8,13-15H2,1-4H3,(H,25,28)/t18-,19-/m0/s1. The van der Waals surface area contributed by atoms with Crippen LogP contribution in [0.1, 0.15) is 82.7 Å². The van der Waals surface area contributed by atoms with Gasteiger partial charge in [0, 0.05) is 6.42 Å². The maximum atomic E-state index is 12.4. The fourth-order valence-electron chi connectivity index (χ4n) is 3.37. The van der Waals surface area contributed by atoms with E-state index in [0.29, 0.717) is 24.7 Å². The third-order valence-electron chi connectivity index (χ3n) is 4.95. The Balaban J connectivity index is 1.71. The molecule has 0 aliphatic carbocycles. The molecule has 1 fully saturated rings. The van der Waals surface area contributed by atoms with E-state index >= 15 is 0 Å². The van der Waals surface area contributed by atoms with E-state index in [1.54, 1.807) is 0 Å². The van der Waals surface area contributed by atoms with E-state index in [4.69, 9.17) is 14.0 Å². The van der Waals surface area contributed by atoms with Gasteiger partial charge in [-0.1, -0.05) is 30.6 Å². The van der Waals surface area contributed by atoms with Crippen molar-refractivity contribution in [3.8, 4) is 5.75 Å². The highest BCUT2D eigenvalue weighted by molar-refractivity contribution is 5.68. The van der Waals surface area contributed by atoms with Crippen LogP contribution in [0.25, 0.3) is 0 Å². The number of carbonyl (C=O) groups is 1. The molecule has 1 aliphatic rings. The topological polar surface area (TPSA) is 98.5 Å². The van der Waals surface area contributed by atoms with E-state index in [1.807, 2.05) is 45.0 Å². The molecule has 0 spiro atoms. The lowest BCUT2D eigenvalue weighted by atomic mass is 10.1. The summed E-state index contributed by atoms with van der Waals surface area (Å²) in [4.78, 5) is 17.0. The molecular formula is C23H34N4O4. The lowest BCUT2D eigenvalue weighted by Gasteiger charge is -2.22. The molecule has 3 rings (SSSR count). The Morgan fingerprint density at radius 3 is 2.74 bits per heavy atom. The maximum Gasteiger partial charge on any atom is 0.408 e. The molecule has 31 heavy (non-hydrogen) atoms. The van der Waals surface area contributed by atoms with Crippen molar-refractivity contribution in [3.05, 3.63) is 41.5 Å². The largest absolute Gasteiger partial charge is 0.494 e. The second-order valence-corrected chi connectivity index (χ2v) is 8.89. The Bertz CT molecular complexity index is 823.